The minimum Gasteiger partial charge on any atom is -0.498 e. The second-order valence-corrected chi connectivity index (χ2v) is 8.88. The van der Waals surface area contributed by atoms with Crippen molar-refractivity contribution in [3.63, 3.8) is 0 Å². The van der Waals surface area contributed by atoms with E-state index in [-0.39, 0.29) is 20.1 Å². The van der Waals surface area contributed by atoms with Crippen molar-refractivity contribution in [1.82, 2.24) is 15.0 Å². The van der Waals surface area contributed by atoms with Crippen LogP contribution in [0.2, 0.25) is 0 Å². The molecule has 38 heavy (non-hydrogen) atoms. The molecule has 0 aliphatic rings. The molecule has 0 spiro atoms. The zero-order chi connectivity index (χ0) is 25.2. The van der Waals surface area contributed by atoms with Crippen molar-refractivity contribution < 1.29 is 24.5 Å². The molecule has 0 amide bonds. The quantitative estimate of drug-likeness (QED) is 0.174. The molecule has 7 rings (SSSR count). The van der Waals surface area contributed by atoms with Gasteiger partial charge < -0.3 is 14.4 Å². The molecule has 0 saturated carbocycles. The SMILES string of the molecule is Cc1ccc(-c2[c-]ccc3c2oc2c3ccc3ccc(C)nc32)nc1.[Ir].[c-]1ccccc1-c1ccccn1. The third-order valence-electron chi connectivity index (χ3n) is 6.22. The number of rotatable bonds is 2. The van der Waals surface area contributed by atoms with E-state index in [0.717, 1.165) is 66.6 Å². The maximum Gasteiger partial charge on any atom is 0.147 e. The first-order valence-corrected chi connectivity index (χ1v) is 12.1. The normalized spacial score (nSPS) is 10.7. The molecule has 0 unspecified atom stereocenters. The van der Waals surface area contributed by atoms with Gasteiger partial charge in [-0.2, -0.15) is 0 Å². The van der Waals surface area contributed by atoms with Crippen LogP contribution in [0, 0.1) is 26.0 Å². The molecule has 0 bridgehead atoms. The fourth-order valence-electron chi connectivity index (χ4n) is 4.36. The van der Waals surface area contributed by atoms with E-state index >= 15 is 0 Å². The average Bonchev–Trinajstić information content (AvgIpc) is 3.34. The molecule has 0 aliphatic heterocycles. The van der Waals surface area contributed by atoms with Crippen molar-refractivity contribution >= 4 is 32.8 Å². The topological polar surface area (TPSA) is 51.8 Å². The third-order valence-corrected chi connectivity index (χ3v) is 6.22. The monoisotopic (exact) mass is 670 g/mol. The summed E-state index contributed by atoms with van der Waals surface area (Å²) in [7, 11) is 0. The standard InChI is InChI=1S/C22H15N2O.C11H8N.Ir/c1-13-6-11-19(23-12-13)18-5-3-4-16-17-10-9-15-8-7-14(2)24-20(15)22(17)25-21(16)18;1-2-6-10(7-3-1)11-8-4-5-9-12-11;/h3-4,6-12H,1-2H3;1-6,8-9H;/q2*-1;. The van der Waals surface area contributed by atoms with Crippen molar-refractivity contribution in [2.45, 2.75) is 13.8 Å². The molecular weight excluding hydrogens is 647 g/mol. The molecule has 4 heterocycles. The van der Waals surface area contributed by atoms with Gasteiger partial charge in [0, 0.05) is 49.0 Å². The first-order chi connectivity index (χ1) is 18.2. The van der Waals surface area contributed by atoms with E-state index < -0.39 is 0 Å². The van der Waals surface area contributed by atoms with Crippen LogP contribution in [0.4, 0.5) is 0 Å². The molecule has 3 aromatic carbocycles. The largest absolute Gasteiger partial charge is 0.498 e. The van der Waals surface area contributed by atoms with Crippen LogP contribution >= 0.6 is 0 Å². The summed E-state index contributed by atoms with van der Waals surface area (Å²) in [5.41, 5.74) is 8.40. The summed E-state index contributed by atoms with van der Waals surface area (Å²) in [5.74, 6) is 0. The van der Waals surface area contributed by atoms with E-state index in [1.165, 1.54) is 0 Å². The number of aromatic nitrogens is 3. The molecule has 0 saturated heterocycles. The number of aryl methyl sites for hydroxylation is 2. The molecule has 1 radical (unpaired) electrons. The Morgan fingerprint density at radius 1 is 0.684 bits per heavy atom. The van der Waals surface area contributed by atoms with Gasteiger partial charge in [-0.1, -0.05) is 53.4 Å². The van der Waals surface area contributed by atoms with Crippen LogP contribution in [-0.2, 0) is 20.1 Å². The van der Waals surface area contributed by atoms with E-state index in [4.69, 9.17) is 9.40 Å². The van der Waals surface area contributed by atoms with Gasteiger partial charge in [-0.3, -0.25) is 0 Å². The summed E-state index contributed by atoms with van der Waals surface area (Å²) in [5, 5.41) is 3.22. The number of hydrogen-bond acceptors (Lipinski definition) is 4. The maximum atomic E-state index is 6.30. The fraction of sp³-hybridized carbons (Fsp3) is 0.0606. The Morgan fingerprint density at radius 2 is 1.53 bits per heavy atom. The van der Waals surface area contributed by atoms with Gasteiger partial charge in [0.25, 0.3) is 0 Å². The fourth-order valence-corrected chi connectivity index (χ4v) is 4.36. The molecule has 4 nitrogen and oxygen atoms in total. The Bertz CT molecular complexity index is 1790. The first-order valence-electron chi connectivity index (χ1n) is 12.1. The maximum absolute atomic E-state index is 6.30. The molecule has 0 N–H and O–H groups in total. The first kappa shape index (κ1) is 25.5. The van der Waals surface area contributed by atoms with E-state index in [9.17, 15) is 0 Å². The summed E-state index contributed by atoms with van der Waals surface area (Å²) in [6, 6.07) is 36.4. The Balaban J connectivity index is 0.000000191. The Kier molecular flexibility index (Phi) is 7.41. The number of furan rings is 1. The van der Waals surface area contributed by atoms with E-state index in [1.807, 2.05) is 86.8 Å². The van der Waals surface area contributed by atoms with Crippen molar-refractivity contribution in [3.05, 3.63) is 127 Å². The molecule has 187 valence electrons. The molecular formula is C33H23IrN3O-2. The average molecular weight is 670 g/mol. The number of benzene rings is 3. The molecule has 0 atom stereocenters. The summed E-state index contributed by atoms with van der Waals surface area (Å²) in [6.07, 6.45) is 3.65. The van der Waals surface area contributed by atoms with E-state index in [0.29, 0.717) is 0 Å². The van der Waals surface area contributed by atoms with Crippen LogP contribution in [0.3, 0.4) is 0 Å². The van der Waals surface area contributed by atoms with Gasteiger partial charge >= 0.3 is 0 Å². The Labute approximate surface area is 234 Å². The molecule has 5 heteroatoms. The predicted molar refractivity (Wildman–Crippen MR) is 149 cm³/mol. The van der Waals surface area contributed by atoms with Gasteiger partial charge in [0.05, 0.1) is 5.58 Å². The van der Waals surface area contributed by atoms with Crippen molar-refractivity contribution in [1.29, 1.82) is 0 Å². The van der Waals surface area contributed by atoms with Gasteiger partial charge in [0.2, 0.25) is 0 Å². The summed E-state index contributed by atoms with van der Waals surface area (Å²) in [6.45, 7) is 4.03. The van der Waals surface area contributed by atoms with Gasteiger partial charge in [-0.05, 0) is 42.9 Å². The van der Waals surface area contributed by atoms with Gasteiger partial charge in [-0.25, -0.2) is 4.98 Å². The Morgan fingerprint density at radius 3 is 2.29 bits per heavy atom. The smallest absolute Gasteiger partial charge is 0.147 e. The van der Waals surface area contributed by atoms with Crippen molar-refractivity contribution in [2.75, 3.05) is 0 Å². The number of nitrogens with zero attached hydrogens (tertiary/aromatic N) is 3. The second-order valence-electron chi connectivity index (χ2n) is 8.88. The molecule has 4 aromatic heterocycles. The number of pyridine rings is 3. The predicted octanol–water partition coefficient (Wildman–Crippen LogP) is 8.16. The van der Waals surface area contributed by atoms with Gasteiger partial charge in [0.1, 0.15) is 11.1 Å². The van der Waals surface area contributed by atoms with Crippen LogP contribution < -0.4 is 0 Å². The summed E-state index contributed by atoms with van der Waals surface area (Å²) >= 11 is 0. The van der Waals surface area contributed by atoms with Gasteiger partial charge in [-0.15, -0.1) is 54.1 Å². The zero-order valence-corrected chi connectivity index (χ0v) is 23.3. The van der Waals surface area contributed by atoms with Gasteiger partial charge in [0.15, 0.2) is 0 Å². The Hall–Kier alpha value is -4.18. The molecule has 0 aliphatic carbocycles. The third kappa shape index (κ3) is 4.99. The van der Waals surface area contributed by atoms with E-state index in [1.54, 1.807) is 6.20 Å². The van der Waals surface area contributed by atoms with Crippen LogP contribution in [0.5, 0.6) is 0 Å². The number of fused-ring (bicyclic) bond motifs is 5. The van der Waals surface area contributed by atoms with Crippen molar-refractivity contribution in [2.24, 2.45) is 0 Å². The number of hydrogen-bond donors (Lipinski definition) is 0. The minimum absolute atomic E-state index is 0. The zero-order valence-electron chi connectivity index (χ0n) is 20.9. The summed E-state index contributed by atoms with van der Waals surface area (Å²) < 4.78 is 6.30. The van der Waals surface area contributed by atoms with E-state index in [2.05, 4.69) is 46.4 Å². The summed E-state index contributed by atoms with van der Waals surface area (Å²) in [4.78, 5) is 13.4. The molecule has 0 fully saturated rings. The second kappa shape index (κ2) is 11.1. The molecule has 7 aromatic rings. The van der Waals surface area contributed by atoms with Crippen LogP contribution in [0.15, 0.2) is 108 Å². The minimum atomic E-state index is 0. The van der Waals surface area contributed by atoms with Crippen molar-refractivity contribution in [3.8, 4) is 22.5 Å². The van der Waals surface area contributed by atoms with Crippen LogP contribution in [-0.4, -0.2) is 15.0 Å². The van der Waals surface area contributed by atoms with Crippen LogP contribution in [0.1, 0.15) is 11.3 Å². The van der Waals surface area contributed by atoms with Crippen LogP contribution in [0.25, 0.3) is 55.4 Å².